The molecule has 1 heterocycles. The molecular weight excluding hydrogens is 312 g/mol. The molecule has 0 unspecified atom stereocenters. The average molecular weight is 330 g/mol. The molecule has 2 atom stereocenters. The Morgan fingerprint density at radius 1 is 1.09 bits per heavy atom. The van der Waals surface area contributed by atoms with Crippen LogP contribution < -0.4 is 10.0 Å². The van der Waals surface area contributed by atoms with Gasteiger partial charge in [0, 0.05) is 6.04 Å². The third kappa shape index (κ3) is 2.59. The van der Waals surface area contributed by atoms with Gasteiger partial charge < -0.3 is 5.73 Å². The molecule has 2 N–H and O–H groups in total. The lowest BCUT2D eigenvalue weighted by atomic mass is 9.87. The fraction of sp³-hybridized carbons (Fsp3) is 0.235. The van der Waals surface area contributed by atoms with Gasteiger partial charge >= 0.3 is 0 Å². The van der Waals surface area contributed by atoms with Gasteiger partial charge in [-0.3, -0.25) is 9.10 Å². The first-order valence-corrected chi connectivity index (χ1v) is 8.84. The molecule has 0 aliphatic carbocycles. The van der Waals surface area contributed by atoms with Gasteiger partial charge in [0.05, 0.1) is 16.5 Å². The van der Waals surface area contributed by atoms with E-state index in [1.807, 2.05) is 0 Å². The van der Waals surface area contributed by atoms with E-state index in [0.717, 1.165) is 0 Å². The smallest absolute Gasteiger partial charge is 0.264 e. The second-order valence-electron chi connectivity index (χ2n) is 5.71. The van der Waals surface area contributed by atoms with Crippen molar-refractivity contribution in [2.24, 2.45) is 5.73 Å². The summed E-state index contributed by atoms with van der Waals surface area (Å²) in [6.07, 6.45) is 0.373. The summed E-state index contributed by atoms with van der Waals surface area (Å²) in [5.41, 5.74) is 6.69. The molecule has 2 aromatic carbocycles. The van der Waals surface area contributed by atoms with Crippen molar-refractivity contribution in [3.63, 3.8) is 0 Å². The van der Waals surface area contributed by atoms with Crippen LogP contribution in [-0.2, 0) is 14.8 Å². The molecule has 2 aromatic rings. The number of sulfonamides is 1. The predicted molar refractivity (Wildman–Crippen MR) is 88.6 cm³/mol. The lowest BCUT2D eigenvalue weighted by Gasteiger charge is -2.38. The van der Waals surface area contributed by atoms with Crippen LogP contribution >= 0.6 is 0 Å². The van der Waals surface area contributed by atoms with Gasteiger partial charge in [0.2, 0.25) is 5.91 Å². The van der Waals surface area contributed by atoms with Gasteiger partial charge in [0.25, 0.3) is 10.0 Å². The summed E-state index contributed by atoms with van der Waals surface area (Å²) in [6, 6.07) is 15.0. The molecule has 1 aliphatic heterocycles. The number of nitrogens with two attached hydrogens (primary N) is 1. The van der Waals surface area contributed by atoms with Crippen LogP contribution in [0.15, 0.2) is 59.5 Å². The molecule has 0 aromatic heterocycles. The zero-order valence-electron chi connectivity index (χ0n) is 12.7. The second-order valence-corrected chi connectivity index (χ2v) is 7.53. The van der Waals surface area contributed by atoms with Crippen molar-refractivity contribution >= 4 is 21.6 Å². The minimum atomic E-state index is -3.69. The quantitative estimate of drug-likeness (QED) is 0.937. The van der Waals surface area contributed by atoms with Gasteiger partial charge in [-0.05, 0) is 37.1 Å². The minimum Gasteiger partial charge on any atom is -0.369 e. The highest BCUT2D eigenvalue weighted by molar-refractivity contribution is 7.92. The lowest BCUT2D eigenvalue weighted by molar-refractivity contribution is -0.119. The molecule has 120 valence electrons. The second kappa shape index (κ2) is 5.70. The third-order valence-electron chi connectivity index (χ3n) is 4.17. The van der Waals surface area contributed by atoms with Crippen LogP contribution in [-0.4, -0.2) is 20.4 Å². The summed E-state index contributed by atoms with van der Waals surface area (Å²) in [5, 5.41) is 0. The van der Waals surface area contributed by atoms with Crippen molar-refractivity contribution in [1.82, 2.24) is 0 Å². The average Bonchev–Trinajstić information content (AvgIpc) is 2.54. The zero-order valence-corrected chi connectivity index (χ0v) is 13.5. The maximum atomic E-state index is 13.0. The number of benzene rings is 2. The number of primary amides is 1. The summed E-state index contributed by atoms with van der Waals surface area (Å²) in [4.78, 5) is 12.0. The SMILES string of the molecule is C[C@H]1C[C@@H](C(N)=O)c2ccccc2N1S(=O)(=O)c1ccccc1. The van der Waals surface area contributed by atoms with E-state index in [1.54, 1.807) is 61.5 Å². The number of carbonyl (C=O) groups is 1. The van der Waals surface area contributed by atoms with Crippen molar-refractivity contribution in [2.45, 2.75) is 30.2 Å². The maximum Gasteiger partial charge on any atom is 0.264 e. The summed E-state index contributed by atoms with van der Waals surface area (Å²) in [6.45, 7) is 1.80. The zero-order chi connectivity index (χ0) is 16.6. The molecule has 0 saturated carbocycles. The van der Waals surface area contributed by atoms with E-state index in [-0.39, 0.29) is 10.9 Å². The van der Waals surface area contributed by atoms with Crippen molar-refractivity contribution in [3.05, 3.63) is 60.2 Å². The van der Waals surface area contributed by atoms with Crippen LogP contribution in [0.5, 0.6) is 0 Å². The summed E-state index contributed by atoms with van der Waals surface area (Å²) in [5.74, 6) is -0.899. The minimum absolute atomic E-state index is 0.235. The highest BCUT2D eigenvalue weighted by Crippen LogP contribution is 2.41. The molecule has 6 heteroatoms. The Morgan fingerprint density at radius 3 is 2.35 bits per heavy atom. The summed E-state index contributed by atoms with van der Waals surface area (Å²) < 4.78 is 27.5. The van der Waals surface area contributed by atoms with Gasteiger partial charge in [0.1, 0.15) is 0 Å². The molecule has 0 saturated heterocycles. The van der Waals surface area contributed by atoms with Gasteiger partial charge in [-0.2, -0.15) is 0 Å². The fourth-order valence-electron chi connectivity index (χ4n) is 3.13. The van der Waals surface area contributed by atoms with Gasteiger partial charge in [-0.15, -0.1) is 0 Å². The number of hydrogen-bond acceptors (Lipinski definition) is 3. The van der Waals surface area contributed by atoms with Gasteiger partial charge in [-0.25, -0.2) is 8.42 Å². The van der Waals surface area contributed by atoms with Crippen molar-refractivity contribution in [2.75, 3.05) is 4.31 Å². The molecule has 0 radical (unpaired) electrons. The molecule has 23 heavy (non-hydrogen) atoms. The van der Waals surface area contributed by atoms with E-state index in [2.05, 4.69) is 0 Å². The van der Waals surface area contributed by atoms with E-state index in [4.69, 9.17) is 5.73 Å². The molecule has 3 rings (SSSR count). The first-order valence-electron chi connectivity index (χ1n) is 7.40. The highest BCUT2D eigenvalue weighted by atomic mass is 32.2. The number of nitrogens with zero attached hydrogens (tertiary/aromatic N) is 1. The van der Waals surface area contributed by atoms with Crippen LogP contribution in [0.4, 0.5) is 5.69 Å². The summed E-state index contributed by atoms with van der Waals surface area (Å²) in [7, 11) is -3.69. The maximum absolute atomic E-state index is 13.0. The van der Waals surface area contributed by atoms with E-state index >= 15 is 0 Å². The topological polar surface area (TPSA) is 80.5 Å². The van der Waals surface area contributed by atoms with Gasteiger partial charge in [-0.1, -0.05) is 36.4 Å². The molecule has 1 aliphatic rings. The first-order chi connectivity index (χ1) is 10.9. The number of anilines is 1. The third-order valence-corrected chi connectivity index (χ3v) is 6.11. The van der Waals surface area contributed by atoms with E-state index in [1.165, 1.54) is 4.31 Å². The molecular formula is C17H18N2O3S. The molecule has 5 nitrogen and oxygen atoms in total. The van der Waals surface area contributed by atoms with Crippen molar-refractivity contribution in [1.29, 1.82) is 0 Å². The Morgan fingerprint density at radius 2 is 1.70 bits per heavy atom. The Balaban J connectivity index is 2.17. The number of rotatable bonds is 3. The van der Waals surface area contributed by atoms with Gasteiger partial charge in [0.15, 0.2) is 0 Å². The first kappa shape index (κ1) is 15.6. The Kier molecular flexibility index (Phi) is 3.85. The molecule has 0 spiro atoms. The predicted octanol–water partition coefficient (Wildman–Crippen LogP) is 2.24. The van der Waals surface area contributed by atoms with Crippen LogP contribution in [0.2, 0.25) is 0 Å². The van der Waals surface area contributed by atoms with Crippen LogP contribution in [0, 0.1) is 0 Å². The van der Waals surface area contributed by atoms with Crippen molar-refractivity contribution in [3.8, 4) is 0 Å². The largest absolute Gasteiger partial charge is 0.369 e. The van der Waals surface area contributed by atoms with Crippen molar-refractivity contribution < 1.29 is 13.2 Å². The normalized spacial score (nSPS) is 20.8. The lowest BCUT2D eigenvalue weighted by Crippen LogP contribution is -2.45. The van der Waals surface area contributed by atoms with E-state index in [0.29, 0.717) is 17.7 Å². The van der Waals surface area contributed by atoms with E-state index in [9.17, 15) is 13.2 Å². The van der Waals surface area contributed by atoms with E-state index < -0.39 is 21.8 Å². The van der Waals surface area contributed by atoms with Crippen LogP contribution in [0.3, 0.4) is 0 Å². The Hall–Kier alpha value is -2.34. The standard InChI is InChI=1S/C17H18N2O3S/c1-12-11-15(17(18)20)14-9-5-6-10-16(14)19(12)23(21,22)13-7-3-2-4-8-13/h2-10,12,15H,11H2,1H3,(H2,18,20)/t12-,15+/m0/s1. The highest BCUT2D eigenvalue weighted by Gasteiger charge is 2.39. The number of para-hydroxylation sites is 1. The number of hydrogen-bond donors (Lipinski definition) is 1. The van der Waals surface area contributed by atoms with Crippen LogP contribution in [0.1, 0.15) is 24.8 Å². The monoisotopic (exact) mass is 330 g/mol. The number of carbonyl (C=O) groups excluding carboxylic acids is 1. The summed E-state index contributed by atoms with van der Waals surface area (Å²) >= 11 is 0. The number of fused-ring (bicyclic) bond motifs is 1. The molecule has 1 amide bonds. The molecule has 0 bridgehead atoms. The Labute approximate surface area is 135 Å². The number of amides is 1. The fourth-order valence-corrected chi connectivity index (χ4v) is 4.84. The van der Waals surface area contributed by atoms with Crippen LogP contribution in [0.25, 0.3) is 0 Å². The molecule has 0 fully saturated rings. The Bertz CT molecular complexity index is 834.